The Morgan fingerprint density at radius 3 is 2.86 bits per heavy atom. The summed E-state index contributed by atoms with van der Waals surface area (Å²) in [5.41, 5.74) is 6.31. The van der Waals surface area contributed by atoms with Gasteiger partial charge in [-0.2, -0.15) is 0 Å². The van der Waals surface area contributed by atoms with Gasteiger partial charge in [0.2, 0.25) is 0 Å². The zero-order valence-electron chi connectivity index (χ0n) is 7.84. The van der Waals surface area contributed by atoms with Crippen LogP contribution < -0.4 is 5.73 Å². The number of hydrogen-bond acceptors (Lipinski definition) is 1. The van der Waals surface area contributed by atoms with Crippen molar-refractivity contribution in [1.82, 2.24) is 0 Å². The highest BCUT2D eigenvalue weighted by Crippen LogP contribution is 2.22. The standard InChI is InChI=1S/C11H13ClFN/c1-2-3-4-11(14)9-6-5-8(12)7-10(9)13/h2,5-7,11H,1,3-4,14H2. The molecule has 1 aromatic rings. The lowest BCUT2D eigenvalue weighted by molar-refractivity contribution is 0.566. The second kappa shape index (κ2) is 5.13. The predicted octanol–water partition coefficient (Wildman–Crippen LogP) is 3.45. The first-order chi connectivity index (χ1) is 6.65. The molecule has 0 amide bonds. The minimum atomic E-state index is -0.339. The van der Waals surface area contributed by atoms with Crippen LogP contribution in [0.5, 0.6) is 0 Å². The Kier molecular flexibility index (Phi) is 4.11. The third-order valence-electron chi connectivity index (χ3n) is 2.04. The van der Waals surface area contributed by atoms with Gasteiger partial charge in [-0.3, -0.25) is 0 Å². The van der Waals surface area contributed by atoms with Crippen LogP contribution in [0.25, 0.3) is 0 Å². The third-order valence-corrected chi connectivity index (χ3v) is 2.28. The summed E-state index contributed by atoms with van der Waals surface area (Å²) in [4.78, 5) is 0. The first-order valence-corrected chi connectivity index (χ1v) is 4.84. The van der Waals surface area contributed by atoms with Crippen LogP contribution in [0.3, 0.4) is 0 Å². The SMILES string of the molecule is C=CCCC(N)c1ccc(Cl)cc1F. The molecule has 3 heteroatoms. The van der Waals surface area contributed by atoms with Crippen molar-refractivity contribution in [2.45, 2.75) is 18.9 Å². The summed E-state index contributed by atoms with van der Waals surface area (Å²) in [6.45, 7) is 3.59. The molecule has 1 aromatic carbocycles. The second-order valence-corrected chi connectivity index (χ2v) is 3.57. The first kappa shape index (κ1) is 11.2. The third kappa shape index (κ3) is 2.82. The molecule has 0 aromatic heterocycles. The smallest absolute Gasteiger partial charge is 0.129 e. The summed E-state index contributed by atoms with van der Waals surface area (Å²) in [5, 5.41) is 0.391. The fourth-order valence-electron chi connectivity index (χ4n) is 1.26. The molecule has 0 radical (unpaired) electrons. The Morgan fingerprint density at radius 1 is 1.57 bits per heavy atom. The Balaban J connectivity index is 2.78. The molecule has 0 heterocycles. The molecule has 76 valence electrons. The van der Waals surface area contributed by atoms with E-state index in [0.29, 0.717) is 17.0 Å². The molecule has 0 bridgehead atoms. The fourth-order valence-corrected chi connectivity index (χ4v) is 1.41. The van der Waals surface area contributed by atoms with Crippen LogP contribution in [0.1, 0.15) is 24.4 Å². The van der Waals surface area contributed by atoms with Gasteiger partial charge >= 0.3 is 0 Å². The van der Waals surface area contributed by atoms with Gasteiger partial charge in [-0.1, -0.05) is 23.7 Å². The van der Waals surface area contributed by atoms with E-state index in [1.54, 1.807) is 18.2 Å². The van der Waals surface area contributed by atoms with Crippen LogP contribution in [0.4, 0.5) is 4.39 Å². The van der Waals surface area contributed by atoms with E-state index in [2.05, 4.69) is 6.58 Å². The van der Waals surface area contributed by atoms with E-state index >= 15 is 0 Å². The topological polar surface area (TPSA) is 26.0 Å². The van der Waals surface area contributed by atoms with E-state index in [0.717, 1.165) is 6.42 Å². The molecule has 0 aliphatic carbocycles. The predicted molar refractivity (Wildman–Crippen MR) is 57.8 cm³/mol. The van der Waals surface area contributed by atoms with Gasteiger partial charge in [0.1, 0.15) is 5.82 Å². The number of hydrogen-bond donors (Lipinski definition) is 1. The molecular formula is C11H13ClFN. The molecule has 0 aliphatic heterocycles. The molecule has 0 aliphatic rings. The van der Waals surface area contributed by atoms with E-state index in [1.807, 2.05) is 0 Å². The minimum Gasteiger partial charge on any atom is -0.324 e. The Bertz CT molecular complexity index is 325. The van der Waals surface area contributed by atoms with Crippen LogP contribution in [0, 0.1) is 5.82 Å². The van der Waals surface area contributed by atoms with Crippen molar-refractivity contribution in [1.29, 1.82) is 0 Å². The van der Waals surface area contributed by atoms with Crippen LogP contribution in [0.2, 0.25) is 5.02 Å². The monoisotopic (exact) mass is 213 g/mol. The van der Waals surface area contributed by atoms with Crippen molar-refractivity contribution in [3.05, 3.63) is 47.3 Å². The maximum Gasteiger partial charge on any atom is 0.129 e. The number of allylic oxidation sites excluding steroid dienone is 1. The Hall–Kier alpha value is -0.860. The molecule has 0 saturated heterocycles. The summed E-state index contributed by atoms with van der Waals surface area (Å²) in [6, 6.07) is 4.27. The Morgan fingerprint density at radius 2 is 2.29 bits per heavy atom. The molecule has 0 spiro atoms. The number of nitrogens with two attached hydrogens (primary N) is 1. The van der Waals surface area contributed by atoms with Crippen molar-refractivity contribution in [3.63, 3.8) is 0 Å². The normalized spacial score (nSPS) is 12.5. The molecule has 1 nitrogen and oxygen atoms in total. The van der Waals surface area contributed by atoms with Gasteiger partial charge in [0.05, 0.1) is 0 Å². The van der Waals surface area contributed by atoms with Gasteiger partial charge in [-0.05, 0) is 25.0 Å². The van der Waals surface area contributed by atoms with E-state index in [9.17, 15) is 4.39 Å². The molecule has 2 N–H and O–H groups in total. The van der Waals surface area contributed by atoms with Crippen molar-refractivity contribution in [3.8, 4) is 0 Å². The van der Waals surface area contributed by atoms with Crippen LogP contribution in [-0.4, -0.2) is 0 Å². The zero-order valence-corrected chi connectivity index (χ0v) is 8.60. The Labute approximate surface area is 88.4 Å². The second-order valence-electron chi connectivity index (χ2n) is 3.14. The minimum absolute atomic E-state index is 0.287. The van der Waals surface area contributed by atoms with Gasteiger partial charge < -0.3 is 5.73 Å². The fraction of sp³-hybridized carbons (Fsp3) is 0.273. The highest BCUT2D eigenvalue weighted by Gasteiger charge is 2.10. The molecule has 1 unspecified atom stereocenters. The van der Waals surface area contributed by atoms with Crippen LogP contribution in [0.15, 0.2) is 30.9 Å². The number of benzene rings is 1. The summed E-state index contributed by atoms with van der Waals surface area (Å²) in [7, 11) is 0. The lowest BCUT2D eigenvalue weighted by Crippen LogP contribution is -2.11. The lowest BCUT2D eigenvalue weighted by atomic mass is 10.0. The van der Waals surface area contributed by atoms with E-state index in [4.69, 9.17) is 17.3 Å². The van der Waals surface area contributed by atoms with Gasteiger partial charge in [0.25, 0.3) is 0 Å². The van der Waals surface area contributed by atoms with Gasteiger partial charge in [-0.15, -0.1) is 6.58 Å². The number of rotatable bonds is 4. The highest BCUT2D eigenvalue weighted by molar-refractivity contribution is 6.30. The van der Waals surface area contributed by atoms with E-state index in [1.165, 1.54) is 6.07 Å². The van der Waals surface area contributed by atoms with Crippen molar-refractivity contribution < 1.29 is 4.39 Å². The summed E-state index contributed by atoms with van der Waals surface area (Å²) in [6.07, 6.45) is 3.25. The molecule has 1 atom stereocenters. The van der Waals surface area contributed by atoms with Crippen molar-refractivity contribution >= 4 is 11.6 Å². The molecular weight excluding hydrogens is 201 g/mol. The largest absolute Gasteiger partial charge is 0.324 e. The average molecular weight is 214 g/mol. The summed E-state index contributed by atoms with van der Waals surface area (Å²) < 4.78 is 13.3. The van der Waals surface area contributed by atoms with Crippen LogP contribution in [-0.2, 0) is 0 Å². The van der Waals surface area contributed by atoms with Crippen molar-refractivity contribution in [2.24, 2.45) is 5.73 Å². The van der Waals surface area contributed by atoms with Gasteiger partial charge in [0.15, 0.2) is 0 Å². The quantitative estimate of drug-likeness (QED) is 0.762. The maximum atomic E-state index is 13.3. The molecule has 0 fully saturated rings. The zero-order chi connectivity index (χ0) is 10.6. The average Bonchev–Trinajstić information content (AvgIpc) is 2.14. The molecule has 14 heavy (non-hydrogen) atoms. The molecule has 1 rings (SSSR count). The summed E-state index contributed by atoms with van der Waals surface area (Å²) >= 11 is 5.63. The first-order valence-electron chi connectivity index (χ1n) is 4.46. The van der Waals surface area contributed by atoms with Crippen molar-refractivity contribution in [2.75, 3.05) is 0 Å². The van der Waals surface area contributed by atoms with E-state index < -0.39 is 0 Å². The van der Waals surface area contributed by atoms with E-state index in [-0.39, 0.29) is 11.9 Å². The molecule has 0 saturated carbocycles. The van der Waals surface area contributed by atoms with Gasteiger partial charge in [-0.25, -0.2) is 4.39 Å². The summed E-state index contributed by atoms with van der Waals surface area (Å²) in [5.74, 6) is -0.339. The van der Waals surface area contributed by atoms with Crippen LogP contribution >= 0.6 is 11.6 Å². The number of halogens is 2. The lowest BCUT2D eigenvalue weighted by Gasteiger charge is -2.11. The maximum absolute atomic E-state index is 13.3. The highest BCUT2D eigenvalue weighted by atomic mass is 35.5. The van der Waals surface area contributed by atoms with Gasteiger partial charge in [0, 0.05) is 16.6 Å².